The van der Waals surface area contributed by atoms with Crippen LogP contribution in [0.1, 0.15) is 23.9 Å². The predicted octanol–water partition coefficient (Wildman–Crippen LogP) is 1.52. The number of rotatable bonds is 4. The third-order valence-electron chi connectivity index (χ3n) is 4.16. The molecule has 7 nitrogen and oxygen atoms in total. The van der Waals surface area contributed by atoms with Crippen molar-refractivity contribution in [2.75, 3.05) is 19.6 Å². The molecule has 132 valence electrons. The molecule has 0 radical (unpaired) electrons. The van der Waals surface area contributed by atoms with Crippen molar-refractivity contribution in [2.45, 2.75) is 26.4 Å². The van der Waals surface area contributed by atoms with E-state index >= 15 is 0 Å². The quantitative estimate of drug-likeness (QED) is 0.836. The van der Waals surface area contributed by atoms with Crippen LogP contribution in [0.4, 0.5) is 0 Å². The molecule has 3 rings (SSSR count). The fraction of sp³-hybridized carbons (Fsp3) is 0.412. The maximum atomic E-state index is 12.5. The second kappa shape index (κ2) is 7.76. The molecular weight excluding hydrogens is 340 g/mol. The molecule has 0 unspecified atom stereocenters. The van der Waals surface area contributed by atoms with Gasteiger partial charge in [0.1, 0.15) is 0 Å². The number of amides is 1. The maximum absolute atomic E-state index is 12.5. The van der Waals surface area contributed by atoms with E-state index in [2.05, 4.69) is 20.7 Å². The molecule has 2 aromatic rings. The Morgan fingerprint density at radius 1 is 1.48 bits per heavy atom. The van der Waals surface area contributed by atoms with Crippen LogP contribution in [0, 0.1) is 6.92 Å². The molecule has 0 saturated carbocycles. The van der Waals surface area contributed by atoms with E-state index < -0.39 is 0 Å². The van der Waals surface area contributed by atoms with E-state index in [9.17, 15) is 4.79 Å². The molecular formula is C17H21ClN6O. The van der Waals surface area contributed by atoms with E-state index in [1.165, 1.54) is 4.80 Å². The number of halogens is 1. The molecule has 1 atom stereocenters. The Labute approximate surface area is 151 Å². The molecule has 8 heteroatoms. The third kappa shape index (κ3) is 4.43. The van der Waals surface area contributed by atoms with Crippen LogP contribution in [-0.2, 0) is 11.3 Å². The fourth-order valence-electron chi connectivity index (χ4n) is 2.84. The second-order valence-electron chi connectivity index (χ2n) is 6.13. The summed E-state index contributed by atoms with van der Waals surface area (Å²) in [6, 6.07) is 5.75. The lowest BCUT2D eigenvalue weighted by molar-refractivity contribution is -0.128. The minimum atomic E-state index is 0.0182. The highest BCUT2D eigenvalue weighted by molar-refractivity contribution is 6.30. The van der Waals surface area contributed by atoms with Crippen LogP contribution in [0.25, 0.3) is 6.08 Å². The molecule has 2 heterocycles. The largest absolute Gasteiger partial charge is 0.334 e. The lowest BCUT2D eigenvalue weighted by Crippen LogP contribution is -2.51. The van der Waals surface area contributed by atoms with Gasteiger partial charge in [-0.05, 0) is 48.4 Å². The molecule has 0 bridgehead atoms. The Bertz CT molecular complexity index is 787. The van der Waals surface area contributed by atoms with Crippen LogP contribution >= 0.6 is 11.6 Å². The van der Waals surface area contributed by atoms with Crippen LogP contribution in [-0.4, -0.2) is 56.7 Å². The summed E-state index contributed by atoms with van der Waals surface area (Å²) in [6.07, 6.45) is 3.45. The predicted molar refractivity (Wildman–Crippen MR) is 96.2 cm³/mol. The summed E-state index contributed by atoms with van der Waals surface area (Å²) < 4.78 is 0. The summed E-state index contributed by atoms with van der Waals surface area (Å²) in [6.45, 7) is 6.65. The number of nitrogens with zero attached hydrogens (tertiary/aromatic N) is 5. The van der Waals surface area contributed by atoms with Crippen LogP contribution in [0.3, 0.4) is 0 Å². The number of nitrogens with one attached hydrogen (secondary N) is 1. The van der Waals surface area contributed by atoms with Gasteiger partial charge in [-0.1, -0.05) is 17.7 Å². The molecule has 0 spiro atoms. The van der Waals surface area contributed by atoms with Crippen molar-refractivity contribution in [3.8, 4) is 0 Å². The van der Waals surface area contributed by atoms with Crippen molar-refractivity contribution in [2.24, 2.45) is 0 Å². The van der Waals surface area contributed by atoms with Gasteiger partial charge in [-0.3, -0.25) is 4.79 Å². The molecule has 0 aliphatic carbocycles. The van der Waals surface area contributed by atoms with Crippen LogP contribution in [0.2, 0.25) is 5.02 Å². The van der Waals surface area contributed by atoms with Gasteiger partial charge in [-0.2, -0.15) is 4.80 Å². The van der Waals surface area contributed by atoms with Gasteiger partial charge in [-0.15, -0.1) is 10.2 Å². The van der Waals surface area contributed by atoms with Crippen molar-refractivity contribution >= 4 is 23.6 Å². The van der Waals surface area contributed by atoms with E-state index in [1.807, 2.05) is 36.1 Å². The highest BCUT2D eigenvalue weighted by Gasteiger charge is 2.20. The number of tetrazole rings is 1. The van der Waals surface area contributed by atoms with Crippen molar-refractivity contribution in [3.05, 3.63) is 46.2 Å². The summed E-state index contributed by atoms with van der Waals surface area (Å²) in [5, 5.41) is 16.0. The lowest BCUT2D eigenvalue weighted by atomic mass is 10.1. The van der Waals surface area contributed by atoms with Crippen molar-refractivity contribution in [1.82, 2.24) is 30.4 Å². The first-order valence-electron chi connectivity index (χ1n) is 8.25. The highest BCUT2D eigenvalue weighted by atomic mass is 35.5. The van der Waals surface area contributed by atoms with E-state index in [0.29, 0.717) is 17.4 Å². The molecule has 1 N–H and O–H groups in total. The summed E-state index contributed by atoms with van der Waals surface area (Å²) in [5.41, 5.74) is 1.85. The number of hydrogen-bond donors (Lipinski definition) is 1. The molecule has 1 amide bonds. The highest BCUT2D eigenvalue weighted by Crippen LogP contribution is 2.18. The minimum Gasteiger partial charge on any atom is -0.334 e. The molecule has 1 fully saturated rings. The number of piperazine rings is 1. The van der Waals surface area contributed by atoms with Crippen molar-refractivity contribution in [3.63, 3.8) is 0 Å². The molecule has 25 heavy (non-hydrogen) atoms. The third-order valence-corrected chi connectivity index (χ3v) is 4.39. The van der Waals surface area contributed by atoms with Gasteiger partial charge in [0, 0.05) is 36.8 Å². The zero-order valence-electron chi connectivity index (χ0n) is 14.3. The summed E-state index contributed by atoms with van der Waals surface area (Å²) in [5.74, 6) is 0.631. The molecule has 1 aliphatic rings. The molecule has 1 aliphatic heterocycles. The number of carbonyl (C=O) groups is 1. The summed E-state index contributed by atoms with van der Waals surface area (Å²) >= 11 is 6.12. The smallest absolute Gasteiger partial charge is 0.246 e. The monoisotopic (exact) mass is 360 g/mol. The molecule has 1 saturated heterocycles. The van der Waals surface area contributed by atoms with Gasteiger partial charge in [-0.25, -0.2) is 0 Å². The van der Waals surface area contributed by atoms with Crippen molar-refractivity contribution < 1.29 is 4.79 Å². The minimum absolute atomic E-state index is 0.0182. The van der Waals surface area contributed by atoms with Gasteiger partial charge >= 0.3 is 0 Å². The van der Waals surface area contributed by atoms with Gasteiger partial charge in [0.15, 0.2) is 5.82 Å². The first-order valence-corrected chi connectivity index (χ1v) is 8.63. The number of aromatic nitrogens is 4. The van der Waals surface area contributed by atoms with E-state index in [-0.39, 0.29) is 11.9 Å². The zero-order chi connectivity index (χ0) is 17.8. The van der Waals surface area contributed by atoms with Crippen LogP contribution in [0.15, 0.2) is 24.3 Å². The fourth-order valence-corrected chi connectivity index (χ4v) is 3.04. The van der Waals surface area contributed by atoms with Gasteiger partial charge in [0.05, 0.1) is 6.54 Å². The number of carbonyl (C=O) groups excluding carboxylic acids is 1. The molecule has 1 aromatic heterocycles. The topological polar surface area (TPSA) is 75.9 Å². The van der Waals surface area contributed by atoms with Crippen LogP contribution < -0.4 is 5.32 Å². The number of benzene rings is 1. The van der Waals surface area contributed by atoms with Gasteiger partial charge < -0.3 is 10.2 Å². The Hall–Kier alpha value is -2.25. The Balaban J connectivity index is 1.78. The normalized spacial score (nSPS) is 18.0. The standard InChI is InChI=1S/C17H21ClN6O/c1-12-10-19-7-8-23(12)17(25)6-4-14-3-5-16(18)9-15(14)11-24-21-13(2)20-22-24/h3-6,9,12,19H,7-8,10-11H2,1-2H3/t12-/m1/s1. The number of hydrogen-bond acceptors (Lipinski definition) is 5. The Morgan fingerprint density at radius 3 is 3.04 bits per heavy atom. The Kier molecular flexibility index (Phi) is 5.45. The molecule has 1 aromatic carbocycles. The maximum Gasteiger partial charge on any atom is 0.246 e. The van der Waals surface area contributed by atoms with E-state index in [0.717, 1.165) is 30.8 Å². The first-order chi connectivity index (χ1) is 12.0. The lowest BCUT2D eigenvalue weighted by Gasteiger charge is -2.33. The van der Waals surface area contributed by atoms with E-state index in [4.69, 9.17) is 11.6 Å². The summed E-state index contributed by atoms with van der Waals surface area (Å²) in [4.78, 5) is 15.9. The first kappa shape index (κ1) is 17.6. The summed E-state index contributed by atoms with van der Waals surface area (Å²) in [7, 11) is 0. The second-order valence-corrected chi connectivity index (χ2v) is 6.56. The SMILES string of the molecule is Cc1nnn(Cc2cc(Cl)ccc2C=CC(=O)N2CCNC[C@H]2C)n1. The van der Waals surface area contributed by atoms with Gasteiger partial charge in [0.2, 0.25) is 5.91 Å². The average Bonchev–Trinajstić information content (AvgIpc) is 2.99. The average molecular weight is 361 g/mol. The van der Waals surface area contributed by atoms with Crippen molar-refractivity contribution in [1.29, 1.82) is 0 Å². The zero-order valence-corrected chi connectivity index (χ0v) is 15.1. The van der Waals surface area contributed by atoms with E-state index in [1.54, 1.807) is 13.0 Å². The van der Waals surface area contributed by atoms with Gasteiger partial charge in [0.25, 0.3) is 0 Å². The number of aryl methyl sites for hydroxylation is 1. The Morgan fingerprint density at radius 2 is 2.32 bits per heavy atom. The van der Waals surface area contributed by atoms with Crippen LogP contribution in [0.5, 0.6) is 0 Å².